The maximum absolute atomic E-state index is 6.32. The molecule has 370 valence electrons. The van der Waals surface area contributed by atoms with Crippen molar-refractivity contribution >= 4 is 24.3 Å². The molecule has 8 heteroatoms. The summed E-state index contributed by atoms with van der Waals surface area (Å²) in [4.78, 5) is 0. The standard InChI is InChI=1S/C58H98N4O4/c1-59(2,3)37-21-13-17-25-41-63-55-45-53(46-56(49-55)64-42-26-18-14-22-38-60(4,5)6)35-33-51-29-31-52(32-30-51)34-36-54-47-57(65-43-27-19-15-23-39-61(7,8)9)50-58(48-54)66-44-28-20-16-24-40-62(10,11)12/h29-36,45-50H,13-28,37-44H2,1-12H3/q+4/b35-33+,36-34+. The van der Waals surface area contributed by atoms with Crippen LogP contribution in [-0.2, 0) is 0 Å². The van der Waals surface area contributed by atoms with Crippen molar-refractivity contribution in [3.8, 4) is 23.0 Å². The Balaban J connectivity index is 1.64. The predicted octanol–water partition coefficient (Wildman–Crippen LogP) is 12.6. The summed E-state index contributed by atoms with van der Waals surface area (Å²) < 4.78 is 29.4. The van der Waals surface area contributed by atoms with Crippen molar-refractivity contribution in [2.24, 2.45) is 0 Å². The molecule has 3 aromatic rings. The Morgan fingerprint density at radius 1 is 0.273 bits per heavy atom. The zero-order valence-electron chi connectivity index (χ0n) is 44.5. The Morgan fingerprint density at radius 3 is 0.712 bits per heavy atom. The minimum Gasteiger partial charge on any atom is -0.493 e. The molecule has 66 heavy (non-hydrogen) atoms. The van der Waals surface area contributed by atoms with Gasteiger partial charge in [-0.2, -0.15) is 0 Å². The number of quaternary nitrogens is 4. The third-order valence-corrected chi connectivity index (χ3v) is 11.6. The Kier molecular flexibility index (Phi) is 25.5. The van der Waals surface area contributed by atoms with E-state index < -0.39 is 0 Å². The van der Waals surface area contributed by atoms with Gasteiger partial charge in [0.25, 0.3) is 0 Å². The maximum atomic E-state index is 6.32. The Hall–Kier alpha value is -3.82. The summed E-state index contributed by atoms with van der Waals surface area (Å²) in [6.07, 6.45) is 27.7. The molecule has 0 saturated carbocycles. The lowest BCUT2D eigenvalue weighted by Gasteiger charge is -2.23. The van der Waals surface area contributed by atoms with Gasteiger partial charge in [-0.25, -0.2) is 0 Å². The summed E-state index contributed by atoms with van der Waals surface area (Å²) in [5.41, 5.74) is 4.45. The highest BCUT2D eigenvalue weighted by molar-refractivity contribution is 5.74. The summed E-state index contributed by atoms with van der Waals surface area (Å²) >= 11 is 0. The van der Waals surface area contributed by atoms with E-state index in [1.807, 2.05) is 0 Å². The van der Waals surface area contributed by atoms with E-state index in [1.54, 1.807) is 0 Å². The van der Waals surface area contributed by atoms with Crippen molar-refractivity contribution in [1.29, 1.82) is 0 Å². The SMILES string of the molecule is C[N+](C)(C)CCCCCCOc1cc(/C=C/c2ccc(/C=C/c3cc(OCCCCCC[N+](C)(C)C)cc(OCCCCCC[N+](C)(C)C)c3)cc2)cc(OCCCCCC[N+](C)(C)C)c1. The van der Waals surface area contributed by atoms with E-state index in [2.05, 4.69) is 170 Å². The van der Waals surface area contributed by atoms with Crippen LogP contribution in [0.4, 0.5) is 0 Å². The van der Waals surface area contributed by atoms with Crippen LogP contribution >= 0.6 is 0 Å². The lowest BCUT2D eigenvalue weighted by atomic mass is 10.1. The van der Waals surface area contributed by atoms with Gasteiger partial charge in [-0.3, -0.25) is 0 Å². The number of ether oxygens (including phenoxy) is 4. The molecule has 0 fully saturated rings. The molecule has 0 unspecified atom stereocenters. The highest BCUT2D eigenvalue weighted by Gasteiger charge is 2.10. The number of hydrogen-bond donors (Lipinski definition) is 0. The van der Waals surface area contributed by atoms with Gasteiger partial charge < -0.3 is 36.9 Å². The van der Waals surface area contributed by atoms with Gasteiger partial charge in [0.2, 0.25) is 0 Å². The van der Waals surface area contributed by atoms with E-state index in [0.717, 1.165) is 115 Å². The van der Waals surface area contributed by atoms with Crippen molar-refractivity contribution < 1.29 is 36.9 Å². The first-order valence-electron chi connectivity index (χ1n) is 25.7. The average molecular weight is 915 g/mol. The van der Waals surface area contributed by atoms with Gasteiger partial charge in [0.1, 0.15) is 23.0 Å². The van der Waals surface area contributed by atoms with Crippen molar-refractivity contribution in [1.82, 2.24) is 0 Å². The maximum Gasteiger partial charge on any atom is 0.123 e. The molecule has 0 bridgehead atoms. The molecule has 0 heterocycles. The lowest BCUT2D eigenvalue weighted by molar-refractivity contribution is -0.870. The smallest absolute Gasteiger partial charge is 0.123 e. The minimum absolute atomic E-state index is 0.721. The molecule has 0 aromatic heterocycles. The minimum atomic E-state index is 0.721. The molecule has 0 amide bonds. The summed E-state index contributed by atoms with van der Waals surface area (Å²) in [6, 6.07) is 21.4. The van der Waals surface area contributed by atoms with Crippen LogP contribution in [0, 0.1) is 0 Å². The molecule has 0 saturated heterocycles. The Morgan fingerprint density at radius 2 is 0.485 bits per heavy atom. The molecular formula is C58H98N4O4+4. The first-order valence-corrected chi connectivity index (χ1v) is 25.7. The quantitative estimate of drug-likeness (QED) is 0.0331. The molecule has 8 nitrogen and oxygen atoms in total. The molecule has 3 rings (SSSR count). The summed E-state index contributed by atoms with van der Waals surface area (Å²) in [7, 11) is 27.2. The van der Waals surface area contributed by atoms with Crippen molar-refractivity contribution in [3.05, 3.63) is 82.9 Å². The number of hydrogen-bond acceptors (Lipinski definition) is 4. The van der Waals surface area contributed by atoms with Crippen LogP contribution in [0.5, 0.6) is 23.0 Å². The van der Waals surface area contributed by atoms with Gasteiger partial charge in [0.05, 0.1) is 137 Å². The molecule has 0 aliphatic carbocycles. The fraction of sp³-hybridized carbons (Fsp3) is 0.621. The van der Waals surface area contributed by atoms with Crippen molar-refractivity contribution in [2.75, 3.05) is 137 Å². The second-order valence-electron chi connectivity index (χ2n) is 22.9. The van der Waals surface area contributed by atoms with E-state index in [0.29, 0.717) is 0 Å². The summed E-state index contributed by atoms with van der Waals surface area (Å²) in [5, 5.41) is 0. The fourth-order valence-corrected chi connectivity index (χ4v) is 7.74. The molecular weight excluding hydrogens is 817 g/mol. The second kappa shape index (κ2) is 29.8. The first-order chi connectivity index (χ1) is 31.2. The van der Waals surface area contributed by atoms with Crippen LogP contribution in [0.2, 0.25) is 0 Å². The number of nitrogens with zero attached hydrogens (tertiary/aromatic N) is 4. The third-order valence-electron chi connectivity index (χ3n) is 11.6. The Labute approximate surface area is 405 Å². The van der Waals surface area contributed by atoms with Crippen molar-refractivity contribution in [3.63, 3.8) is 0 Å². The monoisotopic (exact) mass is 915 g/mol. The van der Waals surface area contributed by atoms with Crippen LogP contribution in [-0.4, -0.2) is 155 Å². The fourth-order valence-electron chi connectivity index (χ4n) is 7.74. The van der Waals surface area contributed by atoms with Gasteiger partial charge in [-0.05, 0) is 149 Å². The topological polar surface area (TPSA) is 36.9 Å². The number of benzene rings is 3. The molecule has 0 aliphatic rings. The van der Waals surface area contributed by atoms with Gasteiger partial charge in [0, 0.05) is 12.1 Å². The van der Waals surface area contributed by atoms with E-state index in [4.69, 9.17) is 18.9 Å². The largest absolute Gasteiger partial charge is 0.493 e. The lowest BCUT2D eigenvalue weighted by Crippen LogP contribution is -2.35. The van der Waals surface area contributed by atoms with Crippen molar-refractivity contribution in [2.45, 2.75) is 103 Å². The van der Waals surface area contributed by atoms with Crippen LogP contribution in [0.15, 0.2) is 60.7 Å². The van der Waals surface area contributed by atoms with Gasteiger partial charge in [0.15, 0.2) is 0 Å². The van der Waals surface area contributed by atoms with E-state index in [-0.39, 0.29) is 0 Å². The zero-order valence-corrected chi connectivity index (χ0v) is 44.5. The summed E-state index contributed by atoms with van der Waals surface area (Å²) in [5.74, 6) is 3.51. The summed E-state index contributed by atoms with van der Waals surface area (Å²) in [6.45, 7) is 7.73. The third kappa shape index (κ3) is 29.7. The molecule has 3 aromatic carbocycles. The van der Waals surface area contributed by atoms with Crippen LogP contribution in [0.1, 0.15) is 125 Å². The van der Waals surface area contributed by atoms with E-state index in [9.17, 15) is 0 Å². The van der Waals surface area contributed by atoms with Crippen LogP contribution < -0.4 is 18.9 Å². The number of rotatable bonds is 36. The highest BCUT2D eigenvalue weighted by Crippen LogP contribution is 2.27. The molecule has 0 atom stereocenters. The first kappa shape index (κ1) is 56.5. The molecule has 0 N–H and O–H groups in total. The van der Waals surface area contributed by atoms with E-state index in [1.165, 1.54) is 103 Å². The van der Waals surface area contributed by atoms with Gasteiger partial charge in [-0.15, -0.1) is 0 Å². The van der Waals surface area contributed by atoms with E-state index >= 15 is 0 Å². The average Bonchev–Trinajstić information content (AvgIpc) is 3.22. The number of unbranched alkanes of at least 4 members (excludes halogenated alkanes) is 12. The van der Waals surface area contributed by atoms with Crippen LogP contribution in [0.25, 0.3) is 24.3 Å². The zero-order chi connectivity index (χ0) is 48.3. The predicted molar refractivity (Wildman–Crippen MR) is 285 cm³/mol. The normalized spacial score (nSPS) is 12.7. The molecule has 0 radical (unpaired) electrons. The molecule has 0 spiro atoms. The second-order valence-corrected chi connectivity index (χ2v) is 22.9. The van der Waals surface area contributed by atoms with Gasteiger partial charge >= 0.3 is 0 Å². The Bertz CT molecular complexity index is 1580. The highest BCUT2D eigenvalue weighted by atomic mass is 16.5. The van der Waals surface area contributed by atoms with Gasteiger partial charge in [-0.1, -0.05) is 48.6 Å². The van der Waals surface area contributed by atoms with Crippen LogP contribution in [0.3, 0.4) is 0 Å². The molecule has 0 aliphatic heterocycles.